The molecule has 0 aliphatic heterocycles. The highest BCUT2D eigenvalue weighted by Crippen LogP contribution is 2.23. The van der Waals surface area contributed by atoms with Crippen LogP contribution in [-0.2, 0) is 0 Å². The molecule has 1 atom stereocenters. The first-order valence-corrected chi connectivity index (χ1v) is 7.04. The fourth-order valence-electron chi connectivity index (χ4n) is 2.30. The van der Waals surface area contributed by atoms with Crippen LogP contribution in [0.5, 0.6) is 5.75 Å². The molecule has 0 fully saturated rings. The van der Waals surface area contributed by atoms with Crippen molar-refractivity contribution in [3.63, 3.8) is 0 Å². The quantitative estimate of drug-likeness (QED) is 0.726. The fourth-order valence-corrected chi connectivity index (χ4v) is 2.30. The van der Waals surface area contributed by atoms with E-state index in [1.807, 2.05) is 31.2 Å². The van der Waals surface area contributed by atoms with Gasteiger partial charge in [-0.15, -0.1) is 0 Å². The predicted molar refractivity (Wildman–Crippen MR) is 80.7 cm³/mol. The van der Waals surface area contributed by atoms with E-state index >= 15 is 0 Å². The summed E-state index contributed by atoms with van der Waals surface area (Å²) >= 11 is 0. The van der Waals surface area contributed by atoms with Crippen LogP contribution in [0.4, 0.5) is 4.39 Å². The predicted octanol–water partition coefficient (Wildman–Crippen LogP) is 4.60. The lowest BCUT2D eigenvalue weighted by atomic mass is 9.92. The summed E-state index contributed by atoms with van der Waals surface area (Å²) in [6.07, 6.45) is 1.49. The second-order valence-corrected chi connectivity index (χ2v) is 4.99. The van der Waals surface area contributed by atoms with Crippen molar-refractivity contribution >= 4 is 0 Å². The van der Waals surface area contributed by atoms with E-state index < -0.39 is 0 Å². The SMILES string of the molecule is Cc1ccccc1C(C#N)CCCOc1cccc(F)c1. The van der Waals surface area contributed by atoms with Crippen LogP contribution in [0.25, 0.3) is 0 Å². The molecule has 0 radical (unpaired) electrons. The average molecular weight is 283 g/mol. The van der Waals surface area contributed by atoms with E-state index in [9.17, 15) is 9.65 Å². The molecule has 0 heterocycles. The third kappa shape index (κ3) is 4.32. The van der Waals surface area contributed by atoms with Crippen LogP contribution in [0.1, 0.15) is 29.9 Å². The maximum atomic E-state index is 13.0. The minimum absolute atomic E-state index is 0.123. The zero-order valence-corrected chi connectivity index (χ0v) is 12.1. The molecular formula is C18H18FNO. The Bertz CT molecular complexity index is 633. The Morgan fingerprint density at radius 1 is 1.19 bits per heavy atom. The molecule has 0 amide bonds. The van der Waals surface area contributed by atoms with Crippen molar-refractivity contribution in [2.24, 2.45) is 0 Å². The van der Waals surface area contributed by atoms with Crippen molar-refractivity contribution in [3.05, 3.63) is 65.5 Å². The van der Waals surface area contributed by atoms with Gasteiger partial charge in [0.15, 0.2) is 0 Å². The summed E-state index contributed by atoms with van der Waals surface area (Å²) in [5.41, 5.74) is 2.21. The van der Waals surface area contributed by atoms with Crippen LogP contribution in [0.15, 0.2) is 48.5 Å². The standard InChI is InChI=1S/C18H18FNO/c1-14-6-2-3-10-18(14)15(13-20)7-5-11-21-17-9-4-8-16(19)12-17/h2-4,6,8-10,12,15H,5,7,11H2,1H3. The van der Waals surface area contributed by atoms with Gasteiger partial charge in [0.25, 0.3) is 0 Å². The topological polar surface area (TPSA) is 33.0 Å². The Kier molecular flexibility index (Phi) is 5.34. The Morgan fingerprint density at radius 2 is 2.00 bits per heavy atom. The average Bonchev–Trinajstić information content (AvgIpc) is 2.49. The molecule has 0 saturated carbocycles. The van der Waals surface area contributed by atoms with Gasteiger partial charge >= 0.3 is 0 Å². The zero-order valence-electron chi connectivity index (χ0n) is 12.1. The number of ether oxygens (including phenoxy) is 1. The highest BCUT2D eigenvalue weighted by Gasteiger charge is 2.12. The van der Waals surface area contributed by atoms with Gasteiger partial charge in [-0.25, -0.2) is 4.39 Å². The first-order valence-electron chi connectivity index (χ1n) is 7.04. The van der Waals surface area contributed by atoms with Gasteiger partial charge in [0, 0.05) is 6.07 Å². The smallest absolute Gasteiger partial charge is 0.126 e. The molecule has 0 bridgehead atoms. The molecule has 108 valence electrons. The summed E-state index contributed by atoms with van der Waals surface area (Å²) in [7, 11) is 0. The van der Waals surface area contributed by atoms with Gasteiger partial charge in [-0.05, 0) is 43.0 Å². The van der Waals surface area contributed by atoms with Gasteiger partial charge in [0.2, 0.25) is 0 Å². The Labute approximate surface area is 124 Å². The Hall–Kier alpha value is -2.34. The fraction of sp³-hybridized carbons (Fsp3) is 0.278. The molecule has 3 heteroatoms. The van der Waals surface area contributed by atoms with E-state index in [-0.39, 0.29) is 11.7 Å². The number of hydrogen-bond donors (Lipinski definition) is 0. The van der Waals surface area contributed by atoms with Crippen molar-refractivity contribution in [1.29, 1.82) is 5.26 Å². The number of nitriles is 1. The summed E-state index contributed by atoms with van der Waals surface area (Å²) in [4.78, 5) is 0. The van der Waals surface area contributed by atoms with Crippen LogP contribution in [0.3, 0.4) is 0 Å². The number of rotatable bonds is 6. The van der Waals surface area contributed by atoms with Crippen molar-refractivity contribution in [2.45, 2.75) is 25.7 Å². The highest BCUT2D eigenvalue weighted by atomic mass is 19.1. The molecular weight excluding hydrogens is 265 g/mol. The van der Waals surface area contributed by atoms with E-state index in [0.717, 1.165) is 24.0 Å². The van der Waals surface area contributed by atoms with Gasteiger partial charge in [-0.1, -0.05) is 30.3 Å². The van der Waals surface area contributed by atoms with Crippen LogP contribution in [-0.4, -0.2) is 6.61 Å². The highest BCUT2D eigenvalue weighted by molar-refractivity contribution is 5.32. The summed E-state index contributed by atoms with van der Waals surface area (Å²) in [6, 6.07) is 16.4. The molecule has 2 rings (SSSR count). The third-order valence-corrected chi connectivity index (χ3v) is 3.42. The van der Waals surface area contributed by atoms with E-state index in [4.69, 9.17) is 4.74 Å². The normalized spacial score (nSPS) is 11.7. The van der Waals surface area contributed by atoms with E-state index in [0.29, 0.717) is 12.4 Å². The van der Waals surface area contributed by atoms with Crippen LogP contribution in [0, 0.1) is 24.1 Å². The summed E-state index contributed by atoms with van der Waals surface area (Å²) in [6.45, 7) is 2.50. The summed E-state index contributed by atoms with van der Waals surface area (Å²) < 4.78 is 18.5. The van der Waals surface area contributed by atoms with Crippen LogP contribution in [0.2, 0.25) is 0 Å². The van der Waals surface area contributed by atoms with Gasteiger partial charge in [-0.2, -0.15) is 5.26 Å². The number of nitrogens with zero attached hydrogens (tertiary/aromatic N) is 1. The summed E-state index contributed by atoms with van der Waals surface area (Å²) in [5, 5.41) is 9.32. The number of halogens is 1. The zero-order chi connectivity index (χ0) is 15.1. The molecule has 2 nitrogen and oxygen atoms in total. The van der Waals surface area contributed by atoms with Gasteiger partial charge < -0.3 is 4.74 Å². The Balaban J connectivity index is 1.85. The van der Waals surface area contributed by atoms with E-state index in [1.165, 1.54) is 12.1 Å². The molecule has 0 N–H and O–H groups in total. The summed E-state index contributed by atoms with van der Waals surface area (Å²) in [5.74, 6) is 0.101. The van der Waals surface area contributed by atoms with E-state index in [1.54, 1.807) is 12.1 Å². The monoisotopic (exact) mass is 283 g/mol. The van der Waals surface area contributed by atoms with Crippen molar-refractivity contribution < 1.29 is 9.13 Å². The lowest BCUT2D eigenvalue weighted by Crippen LogP contribution is -2.03. The largest absolute Gasteiger partial charge is 0.493 e. The molecule has 0 aromatic heterocycles. The van der Waals surface area contributed by atoms with Crippen LogP contribution < -0.4 is 4.74 Å². The molecule has 0 saturated heterocycles. The molecule has 0 aliphatic rings. The molecule has 2 aromatic rings. The second-order valence-electron chi connectivity index (χ2n) is 4.99. The second kappa shape index (κ2) is 7.44. The first kappa shape index (κ1) is 15.1. The lowest BCUT2D eigenvalue weighted by molar-refractivity contribution is 0.303. The van der Waals surface area contributed by atoms with Crippen LogP contribution >= 0.6 is 0 Å². The van der Waals surface area contributed by atoms with Crippen molar-refractivity contribution in [1.82, 2.24) is 0 Å². The third-order valence-electron chi connectivity index (χ3n) is 3.42. The lowest BCUT2D eigenvalue weighted by Gasteiger charge is -2.12. The maximum Gasteiger partial charge on any atom is 0.126 e. The molecule has 0 aliphatic carbocycles. The maximum absolute atomic E-state index is 13.0. The molecule has 1 unspecified atom stereocenters. The Morgan fingerprint density at radius 3 is 2.71 bits per heavy atom. The van der Waals surface area contributed by atoms with Gasteiger partial charge in [-0.3, -0.25) is 0 Å². The van der Waals surface area contributed by atoms with Gasteiger partial charge in [0.1, 0.15) is 11.6 Å². The van der Waals surface area contributed by atoms with Crippen molar-refractivity contribution in [2.75, 3.05) is 6.61 Å². The first-order chi connectivity index (χ1) is 10.2. The molecule has 21 heavy (non-hydrogen) atoms. The number of benzene rings is 2. The molecule has 2 aromatic carbocycles. The van der Waals surface area contributed by atoms with Gasteiger partial charge in [0.05, 0.1) is 18.6 Å². The molecule has 0 spiro atoms. The number of aryl methyl sites for hydroxylation is 1. The minimum atomic E-state index is -0.303. The number of hydrogen-bond acceptors (Lipinski definition) is 2. The van der Waals surface area contributed by atoms with E-state index in [2.05, 4.69) is 6.07 Å². The van der Waals surface area contributed by atoms with Crippen molar-refractivity contribution in [3.8, 4) is 11.8 Å². The minimum Gasteiger partial charge on any atom is -0.493 e.